The maximum absolute atomic E-state index is 11.7. The molecule has 0 aromatic heterocycles. The molecule has 1 N–H and O–H groups in total. The summed E-state index contributed by atoms with van der Waals surface area (Å²) in [5.74, 6) is 0.455. The van der Waals surface area contributed by atoms with Crippen molar-refractivity contribution in [3.05, 3.63) is 22.7 Å². The van der Waals surface area contributed by atoms with Crippen LogP contribution in [-0.2, 0) is 9.53 Å². The number of hydrogen-bond acceptors (Lipinski definition) is 6. The van der Waals surface area contributed by atoms with E-state index in [0.29, 0.717) is 17.9 Å². The molecule has 0 saturated carbocycles. The summed E-state index contributed by atoms with van der Waals surface area (Å²) in [5, 5.41) is 21.2. The van der Waals surface area contributed by atoms with Gasteiger partial charge in [-0.05, 0) is 20.8 Å². The van der Waals surface area contributed by atoms with E-state index >= 15 is 0 Å². The van der Waals surface area contributed by atoms with E-state index in [1.165, 1.54) is 6.92 Å². The Hall–Kier alpha value is -2.47. The van der Waals surface area contributed by atoms with E-state index in [4.69, 9.17) is 10.00 Å². The van der Waals surface area contributed by atoms with Gasteiger partial charge in [-0.1, -0.05) is 0 Å². The van der Waals surface area contributed by atoms with Gasteiger partial charge in [0.1, 0.15) is 29.6 Å². The number of carbonyl (C=O) groups is 1. The van der Waals surface area contributed by atoms with Gasteiger partial charge < -0.3 is 15.0 Å². The summed E-state index contributed by atoms with van der Waals surface area (Å²) in [7, 11) is 0. The molecule has 6 heteroatoms. The van der Waals surface area contributed by atoms with Crippen molar-refractivity contribution in [3.63, 3.8) is 0 Å². The number of carbonyl (C=O) groups excluding carboxylic acids is 1. The zero-order valence-electron chi connectivity index (χ0n) is 11.0. The molecule has 2 aliphatic heterocycles. The van der Waals surface area contributed by atoms with E-state index in [-0.39, 0.29) is 17.2 Å². The summed E-state index contributed by atoms with van der Waals surface area (Å²) >= 11 is 0. The smallest absolute Gasteiger partial charge is 0.197 e. The third-order valence-corrected chi connectivity index (χ3v) is 3.34. The number of nitrogens with zero attached hydrogens (tertiary/aromatic N) is 3. The van der Waals surface area contributed by atoms with Crippen LogP contribution >= 0.6 is 0 Å². The molecule has 0 aromatic carbocycles. The van der Waals surface area contributed by atoms with E-state index < -0.39 is 12.3 Å². The fourth-order valence-electron chi connectivity index (χ4n) is 2.57. The number of likely N-dealkylation sites (N-methyl/N-ethyl adjacent to an activating group) is 1. The molecule has 0 spiro atoms. The first-order chi connectivity index (χ1) is 9.04. The van der Waals surface area contributed by atoms with Gasteiger partial charge in [0.05, 0.1) is 5.57 Å². The lowest BCUT2D eigenvalue weighted by Crippen LogP contribution is -2.53. The number of hydrogen-bond donors (Lipinski definition) is 1. The Bertz CT molecular complexity index is 576. The van der Waals surface area contributed by atoms with Crippen LogP contribution in [0.25, 0.3) is 0 Å². The first-order valence-electron chi connectivity index (χ1n) is 6.01. The van der Waals surface area contributed by atoms with Crippen LogP contribution < -0.4 is 5.32 Å². The molecule has 19 heavy (non-hydrogen) atoms. The van der Waals surface area contributed by atoms with Crippen molar-refractivity contribution in [2.45, 2.75) is 33.0 Å². The summed E-state index contributed by atoms with van der Waals surface area (Å²) in [4.78, 5) is 13.4. The Morgan fingerprint density at radius 1 is 1.47 bits per heavy atom. The van der Waals surface area contributed by atoms with Gasteiger partial charge in [0, 0.05) is 6.54 Å². The topological polar surface area (TPSA) is 89.2 Å². The second-order valence-electron chi connectivity index (χ2n) is 4.39. The van der Waals surface area contributed by atoms with E-state index in [2.05, 4.69) is 5.32 Å². The number of rotatable bonds is 2. The van der Waals surface area contributed by atoms with Crippen molar-refractivity contribution in [1.29, 1.82) is 10.5 Å². The molecule has 6 nitrogen and oxygen atoms in total. The number of nitriles is 2. The van der Waals surface area contributed by atoms with Crippen molar-refractivity contribution in [3.8, 4) is 12.1 Å². The summed E-state index contributed by atoms with van der Waals surface area (Å²) in [6, 6.07) is 3.59. The van der Waals surface area contributed by atoms with Gasteiger partial charge in [0.25, 0.3) is 0 Å². The maximum atomic E-state index is 11.7. The second kappa shape index (κ2) is 4.66. The molecule has 2 atom stereocenters. The molecule has 2 rings (SSSR count). The first kappa shape index (κ1) is 13.0. The zero-order chi connectivity index (χ0) is 14.2. The fourth-order valence-corrected chi connectivity index (χ4v) is 2.57. The van der Waals surface area contributed by atoms with Crippen LogP contribution in [0.2, 0.25) is 0 Å². The van der Waals surface area contributed by atoms with Crippen molar-refractivity contribution in [2.24, 2.45) is 0 Å². The molecule has 0 aliphatic carbocycles. The van der Waals surface area contributed by atoms with Crippen LogP contribution in [0.4, 0.5) is 0 Å². The Morgan fingerprint density at radius 2 is 2.16 bits per heavy atom. The molecule has 2 heterocycles. The zero-order valence-corrected chi connectivity index (χ0v) is 11.0. The minimum atomic E-state index is -0.448. The fraction of sp³-hybridized carbons (Fsp3) is 0.462. The second-order valence-corrected chi connectivity index (χ2v) is 4.39. The number of ketones is 1. The van der Waals surface area contributed by atoms with Crippen molar-refractivity contribution >= 4 is 5.78 Å². The van der Waals surface area contributed by atoms with Gasteiger partial charge in [0.15, 0.2) is 17.7 Å². The van der Waals surface area contributed by atoms with Crippen LogP contribution in [0.3, 0.4) is 0 Å². The number of ether oxygens (including phenoxy) is 1. The van der Waals surface area contributed by atoms with Gasteiger partial charge >= 0.3 is 0 Å². The van der Waals surface area contributed by atoms with Gasteiger partial charge in [-0.3, -0.25) is 4.79 Å². The quantitative estimate of drug-likeness (QED) is 0.786. The Balaban J connectivity index is 2.49. The average Bonchev–Trinajstić information content (AvgIpc) is 2.71. The first-order valence-corrected chi connectivity index (χ1v) is 6.01. The normalized spacial score (nSPS) is 25.2. The number of nitrogens with one attached hydrogen (secondary N) is 1. The standard InChI is InChI=1S/C13H14N4O2/c1-4-17-10(6-15)9(5-14)16-12-11(7(2)18)8(3)19-13(12)17/h12-13,16H,4H2,1-3H3/t12-,13+/m1/s1. The van der Waals surface area contributed by atoms with Crippen LogP contribution in [0, 0.1) is 22.7 Å². The molecular formula is C13H14N4O2. The molecule has 0 aromatic rings. The van der Waals surface area contributed by atoms with Crippen molar-refractivity contribution in [1.82, 2.24) is 10.2 Å². The summed E-state index contributed by atoms with van der Waals surface area (Å²) in [6.07, 6.45) is -0.448. The highest BCUT2D eigenvalue weighted by atomic mass is 16.5. The monoisotopic (exact) mass is 258 g/mol. The molecule has 0 fully saturated rings. The van der Waals surface area contributed by atoms with Crippen LogP contribution in [0.1, 0.15) is 20.8 Å². The Morgan fingerprint density at radius 3 is 2.63 bits per heavy atom. The van der Waals surface area contributed by atoms with Crippen molar-refractivity contribution in [2.75, 3.05) is 6.54 Å². The predicted molar refractivity (Wildman–Crippen MR) is 65.8 cm³/mol. The molecule has 98 valence electrons. The lowest BCUT2D eigenvalue weighted by atomic mass is 9.99. The predicted octanol–water partition coefficient (Wildman–Crippen LogP) is 0.758. The number of allylic oxidation sites excluding steroid dienone is 3. The SMILES string of the molecule is CCN1C(C#N)=C(C#N)N[C@@H]2C(C(C)=O)=C(C)O[C@@H]21. The summed E-state index contributed by atoms with van der Waals surface area (Å²) in [5.41, 5.74) is 0.972. The lowest BCUT2D eigenvalue weighted by Gasteiger charge is -2.37. The molecular weight excluding hydrogens is 244 g/mol. The third kappa shape index (κ3) is 1.82. The van der Waals surface area contributed by atoms with Gasteiger partial charge in [-0.2, -0.15) is 10.5 Å². The summed E-state index contributed by atoms with van der Waals surface area (Å²) < 4.78 is 5.70. The molecule has 0 bridgehead atoms. The van der Waals surface area contributed by atoms with Gasteiger partial charge in [-0.25, -0.2) is 0 Å². The van der Waals surface area contributed by atoms with Crippen molar-refractivity contribution < 1.29 is 9.53 Å². The largest absolute Gasteiger partial charge is 0.472 e. The van der Waals surface area contributed by atoms with Gasteiger partial charge in [-0.15, -0.1) is 0 Å². The highest BCUT2D eigenvalue weighted by molar-refractivity contribution is 5.95. The number of fused-ring (bicyclic) bond motifs is 1. The molecule has 2 aliphatic rings. The summed E-state index contributed by atoms with van der Waals surface area (Å²) in [6.45, 7) is 5.59. The number of Topliss-reactive ketones (excluding diaryl/α,β-unsaturated/α-hetero) is 1. The Labute approximate surface area is 111 Å². The molecule has 0 saturated heterocycles. The van der Waals surface area contributed by atoms with Crippen LogP contribution in [-0.4, -0.2) is 29.5 Å². The molecule has 0 radical (unpaired) electrons. The lowest BCUT2D eigenvalue weighted by molar-refractivity contribution is -0.114. The molecule has 0 unspecified atom stereocenters. The van der Waals surface area contributed by atoms with E-state index in [1.54, 1.807) is 11.8 Å². The van der Waals surface area contributed by atoms with Gasteiger partial charge in [0.2, 0.25) is 0 Å². The van der Waals surface area contributed by atoms with E-state index in [9.17, 15) is 10.1 Å². The highest BCUT2D eigenvalue weighted by Crippen LogP contribution is 2.34. The maximum Gasteiger partial charge on any atom is 0.197 e. The molecule has 0 amide bonds. The van der Waals surface area contributed by atoms with Crippen LogP contribution in [0.15, 0.2) is 22.7 Å². The Kier molecular flexibility index (Phi) is 3.18. The minimum Gasteiger partial charge on any atom is -0.472 e. The van der Waals surface area contributed by atoms with E-state index in [0.717, 1.165) is 0 Å². The van der Waals surface area contributed by atoms with E-state index in [1.807, 2.05) is 19.1 Å². The van der Waals surface area contributed by atoms with Crippen LogP contribution in [0.5, 0.6) is 0 Å². The third-order valence-electron chi connectivity index (χ3n) is 3.34. The minimum absolute atomic E-state index is 0.0914. The average molecular weight is 258 g/mol. The highest BCUT2D eigenvalue weighted by Gasteiger charge is 2.45.